The Morgan fingerprint density at radius 1 is 0.943 bits per heavy atom. The number of fused-ring (bicyclic) bond motifs is 9. The molecule has 284 valence electrons. The first-order valence-electron chi connectivity index (χ1n) is 19.9. The number of morpholine rings is 1. The van der Waals surface area contributed by atoms with Gasteiger partial charge in [0.2, 0.25) is 5.91 Å². The van der Waals surface area contributed by atoms with Crippen molar-refractivity contribution in [2.24, 2.45) is 5.41 Å². The second-order valence-electron chi connectivity index (χ2n) is 16.7. The number of hydrogen-bond donors (Lipinski definition) is 1. The van der Waals surface area contributed by atoms with E-state index in [1.807, 2.05) is 32.0 Å². The maximum atomic E-state index is 15.2. The number of hydrogen-bond acceptors (Lipinski definition) is 7. The average molecular weight is 744 g/mol. The van der Waals surface area contributed by atoms with Gasteiger partial charge in [-0.2, -0.15) is 12.7 Å². The van der Waals surface area contributed by atoms with Gasteiger partial charge in [0.25, 0.3) is 5.91 Å². The van der Waals surface area contributed by atoms with E-state index in [1.54, 1.807) is 13.2 Å². The Hall–Kier alpha value is -3.45. The summed E-state index contributed by atoms with van der Waals surface area (Å²) >= 11 is 0. The van der Waals surface area contributed by atoms with Crippen LogP contribution in [0, 0.1) is 5.41 Å². The molecule has 5 fully saturated rings. The average Bonchev–Trinajstić information content (AvgIpc) is 3.74. The quantitative estimate of drug-likeness (QED) is 0.334. The van der Waals surface area contributed by atoms with Gasteiger partial charge in [-0.1, -0.05) is 32.3 Å². The lowest BCUT2D eigenvalue weighted by Crippen LogP contribution is -2.57. The number of piperazine rings is 1. The molecule has 3 saturated heterocycles. The van der Waals surface area contributed by atoms with Crippen molar-refractivity contribution in [2.75, 3.05) is 39.8 Å². The predicted octanol–water partition coefficient (Wildman–Crippen LogP) is 5.63. The van der Waals surface area contributed by atoms with Crippen LogP contribution in [0.5, 0.6) is 5.75 Å². The molecule has 9 rings (SSSR count). The van der Waals surface area contributed by atoms with Crippen LogP contribution in [0.4, 0.5) is 0 Å². The van der Waals surface area contributed by atoms with Gasteiger partial charge in [0.15, 0.2) is 0 Å². The van der Waals surface area contributed by atoms with Crippen molar-refractivity contribution in [1.29, 1.82) is 0 Å². The lowest BCUT2D eigenvalue weighted by atomic mass is 9.81. The van der Waals surface area contributed by atoms with E-state index in [2.05, 4.69) is 38.1 Å². The van der Waals surface area contributed by atoms with Crippen molar-refractivity contribution < 1.29 is 27.5 Å². The number of likely N-dealkylation sites (tertiary alicyclic amines) is 1. The molecule has 2 saturated carbocycles. The van der Waals surface area contributed by atoms with Gasteiger partial charge in [-0.15, -0.1) is 0 Å². The lowest BCUT2D eigenvalue weighted by molar-refractivity contribution is -0.143. The number of nitrogens with zero attached hydrogens (tertiary/aromatic N) is 4. The number of rotatable bonds is 7. The number of ether oxygens (including phenoxy) is 2. The van der Waals surface area contributed by atoms with Crippen molar-refractivity contribution in [2.45, 2.75) is 115 Å². The highest BCUT2D eigenvalue weighted by Gasteiger charge is 2.65. The summed E-state index contributed by atoms with van der Waals surface area (Å²) in [6.45, 7) is 9.61. The van der Waals surface area contributed by atoms with Crippen LogP contribution < -0.4 is 9.46 Å². The van der Waals surface area contributed by atoms with Crippen molar-refractivity contribution in [3.63, 3.8) is 0 Å². The van der Waals surface area contributed by atoms with E-state index in [-0.39, 0.29) is 54.8 Å². The third kappa shape index (κ3) is 5.81. The van der Waals surface area contributed by atoms with Crippen LogP contribution in [0.25, 0.3) is 22.2 Å². The summed E-state index contributed by atoms with van der Waals surface area (Å²) in [5.41, 5.74) is 5.32. The summed E-state index contributed by atoms with van der Waals surface area (Å²) in [6.07, 6.45) is 8.06. The maximum absolute atomic E-state index is 15.2. The number of carbonyl (C=O) groups is 2. The molecule has 4 unspecified atom stereocenters. The highest BCUT2D eigenvalue weighted by molar-refractivity contribution is 7.87. The number of amides is 2. The first-order chi connectivity index (χ1) is 25.5. The van der Waals surface area contributed by atoms with Crippen LogP contribution in [0.3, 0.4) is 0 Å². The van der Waals surface area contributed by atoms with E-state index < -0.39 is 21.5 Å². The summed E-state index contributed by atoms with van der Waals surface area (Å²) in [5.74, 6) is 0.811. The Morgan fingerprint density at radius 3 is 2.34 bits per heavy atom. The largest absolute Gasteiger partial charge is 0.497 e. The van der Waals surface area contributed by atoms with E-state index in [0.717, 1.165) is 79.6 Å². The van der Waals surface area contributed by atoms with Crippen molar-refractivity contribution in [3.05, 3.63) is 53.1 Å². The third-order valence-electron chi connectivity index (χ3n) is 13.4. The fourth-order valence-corrected chi connectivity index (χ4v) is 12.1. The molecule has 6 atom stereocenters. The van der Waals surface area contributed by atoms with Crippen LogP contribution >= 0.6 is 0 Å². The smallest absolute Gasteiger partial charge is 0.304 e. The number of carbonyl (C=O) groups excluding carboxylic acids is 2. The molecule has 12 heteroatoms. The highest BCUT2D eigenvalue weighted by Crippen LogP contribution is 2.66. The molecule has 1 N–H and O–H groups in total. The molecule has 3 aromatic rings. The van der Waals surface area contributed by atoms with Crippen LogP contribution in [-0.2, 0) is 26.3 Å². The number of benzene rings is 2. The molecule has 0 spiro atoms. The van der Waals surface area contributed by atoms with E-state index >= 15 is 4.79 Å². The van der Waals surface area contributed by atoms with E-state index in [1.165, 1.54) is 34.7 Å². The Morgan fingerprint density at radius 2 is 1.66 bits per heavy atom. The maximum Gasteiger partial charge on any atom is 0.304 e. The fourth-order valence-electron chi connectivity index (χ4n) is 10.8. The molecule has 0 radical (unpaired) electrons. The van der Waals surface area contributed by atoms with Crippen LogP contribution in [0.1, 0.15) is 105 Å². The predicted molar refractivity (Wildman–Crippen MR) is 203 cm³/mol. The zero-order valence-corrected chi connectivity index (χ0v) is 32.3. The normalized spacial score (nSPS) is 30.3. The van der Waals surface area contributed by atoms with Gasteiger partial charge in [0, 0.05) is 72.8 Å². The summed E-state index contributed by atoms with van der Waals surface area (Å²) in [7, 11) is -2.40. The minimum atomic E-state index is -4.10. The monoisotopic (exact) mass is 743 g/mol. The molecule has 2 amide bonds. The first kappa shape index (κ1) is 35.3. The standard InChI is InChI=1S/C41H53N5O6S/c1-5-43-22-29-12-13-30(23-43)46(29)40(48)41-19-35(41)34-18-31(51-4)14-16-32(34)38-37(27-9-7-6-8-10-27)33-15-11-28(17-36(33)45(38)24-41)39(47)42-53(49,50)44-20-25(2)52-26(3)21-44/h11,14-18,25-27,29-30,35H,5-10,12-13,19-24H2,1-4H3,(H,42,47)/t25-,26+,29?,30?,35?,41?. The molecule has 6 aliphatic rings. The molecular formula is C41H53N5O6S. The van der Waals surface area contributed by atoms with E-state index in [9.17, 15) is 13.2 Å². The Labute approximate surface area is 313 Å². The number of methoxy groups -OCH3 is 1. The van der Waals surface area contributed by atoms with Crippen molar-refractivity contribution in [1.82, 2.24) is 23.4 Å². The van der Waals surface area contributed by atoms with Crippen LogP contribution in [-0.4, -0.2) is 103 Å². The molecule has 5 heterocycles. The minimum absolute atomic E-state index is 0.0628. The zero-order valence-electron chi connectivity index (χ0n) is 31.5. The van der Waals surface area contributed by atoms with Crippen molar-refractivity contribution >= 4 is 32.9 Å². The Kier molecular flexibility index (Phi) is 8.71. The number of likely N-dealkylation sites (N-methyl/N-ethyl adjacent to an activating group) is 1. The summed E-state index contributed by atoms with van der Waals surface area (Å²) < 4.78 is 44.5. The van der Waals surface area contributed by atoms with Crippen LogP contribution in [0.15, 0.2) is 36.4 Å². The highest BCUT2D eigenvalue weighted by atomic mass is 32.2. The Bertz CT molecular complexity index is 2050. The van der Waals surface area contributed by atoms with Gasteiger partial charge < -0.3 is 18.9 Å². The molecule has 2 aliphatic carbocycles. The van der Waals surface area contributed by atoms with Gasteiger partial charge in [0.1, 0.15) is 5.75 Å². The number of aromatic nitrogens is 1. The molecule has 11 nitrogen and oxygen atoms in total. The summed E-state index contributed by atoms with van der Waals surface area (Å²) in [4.78, 5) is 33.8. The van der Waals surface area contributed by atoms with Gasteiger partial charge >= 0.3 is 10.2 Å². The third-order valence-corrected chi connectivity index (χ3v) is 14.8. The van der Waals surface area contributed by atoms with Gasteiger partial charge in [-0.25, -0.2) is 4.72 Å². The molecule has 1 aromatic heterocycles. The second-order valence-corrected chi connectivity index (χ2v) is 18.4. The molecular weight excluding hydrogens is 691 g/mol. The first-order valence-corrected chi connectivity index (χ1v) is 21.3. The van der Waals surface area contributed by atoms with Gasteiger partial charge in [-0.05, 0) is 99.9 Å². The van der Waals surface area contributed by atoms with E-state index in [0.29, 0.717) is 12.5 Å². The zero-order chi connectivity index (χ0) is 36.8. The Balaban J connectivity index is 1.17. The molecule has 2 bridgehead atoms. The van der Waals surface area contributed by atoms with Gasteiger partial charge in [-0.3, -0.25) is 14.5 Å². The van der Waals surface area contributed by atoms with Crippen LogP contribution in [0.2, 0.25) is 0 Å². The van der Waals surface area contributed by atoms with Gasteiger partial charge in [0.05, 0.1) is 30.4 Å². The SMILES string of the molecule is CCN1CC2CCC(C1)N2C(=O)C12CC1c1cc(OC)ccc1-c1c(C3CCCCC3)c3ccc(C(=O)NS(=O)(=O)N4C[C@@H](C)O[C@@H](C)C4)cc3n1C2. The van der Waals surface area contributed by atoms with Crippen molar-refractivity contribution in [3.8, 4) is 17.0 Å². The topological polar surface area (TPSA) is 113 Å². The summed E-state index contributed by atoms with van der Waals surface area (Å²) in [6, 6.07) is 12.5. The minimum Gasteiger partial charge on any atom is -0.497 e. The molecule has 2 aromatic carbocycles. The molecule has 53 heavy (non-hydrogen) atoms. The fraction of sp³-hybridized carbons (Fsp3) is 0.610. The lowest BCUT2D eigenvalue weighted by Gasteiger charge is -2.42. The van der Waals surface area contributed by atoms with E-state index in [4.69, 9.17) is 9.47 Å². The second kappa shape index (κ2) is 13.1. The number of nitrogens with one attached hydrogen (secondary N) is 1. The molecule has 4 aliphatic heterocycles. The summed E-state index contributed by atoms with van der Waals surface area (Å²) in [5, 5.41) is 1.09.